The molecule has 0 aliphatic heterocycles. The van der Waals surface area contributed by atoms with E-state index in [2.05, 4.69) is 6.92 Å². The van der Waals surface area contributed by atoms with Crippen LogP contribution in [0.5, 0.6) is 0 Å². The second-order valence-electron chi connectivity index (χ2n) is 6.70. The first kappa shape index (κ1) is 22.4. The van der Waals surface area contributed by atoms with E-state index in [9.17, 15) is 4.79 Å². The third-order valence-corrected chi connectivity index (χ3v) is 4.46. The Kier molecular flexibility index (Phi) is 17.3. The molecular weight excluding hydrogens is 288 g/mol. The molecular formula is C20H40O3. The summed E-state index contributed by atoms with van der Waals surface area (Å²) >= 11 is 0. The second kappa shape index (κ2) is 17.8. The van der Waals surface area contributed by atoms with E-state index in [4.69, 9.17) is 9.84 Å². The zero-order chi connectivity index (χ0) is 17.2. The molecule has 3 heteroatoms. The molecule has 0 heterocycles. The Labute approximate surface area is 144 Å². The van der Waals surface area contributed by atoms with Crippen molar-refractivity contribution in [3.05, 3.63) is 0 Å². The first-order valence-corrected chi connectivity index (χ1v) is 10.1. The number of unbranched alkanes of at least 4 members (excludes halogenated alkanes) is 13. The van der Waals surface area contributed by atoms with Gasteiger partial charge in [-0.1, -0.05) is 97.3 Å². The van der Waals surface area contributed by atoms with Crippen molar-refractivity contribution in [3.8, 4) is 0 Å². The lowest BCUT2D eigenvalue weighted by molar-refractivity contribution is -0.150. The average Bonchev–Trinajstić information content (AvgIpc) is 2.54. The molecule has 0 aromatic carbocycles. The van der Waals surface area contributed by atoms with Gasteiger partial charge in [0.05, 0.1) is 0 Å². The number of carboxylic acid groups (broad SMARTS) is 1. The van der Waals surface area contributed by atoms with Gasteiger partial charge in [-0.25, -0.2) is 4.79 Å². The van der Waals surface area contributed by atoms with Crippen LogP contribution in [0.15, 0.2) is 0 Å². The van der Waals surface area contributed by atoms with Crippen LogP contribution >= 0.6 is 0 Å². The number of hydrogen-bond donors (Lipinski definition) is 1. The van der Waals surface area contributed by atoms with E-state index in [1.165, 1.54) is 77.0 Å². The van der Waals surface area contributed by atoms with Crippen molar-refractivity contribution in [3.63, 3.8) is 0 Å². The van der Waals surface area contributed by atoms with Crippen LogP contribution in [0.4, 0.5) is 0 Å². The minimum Gasteiger partial charge on any atom is -0.479 e. The molecule has 0 saturated carbocycles. The summed E-state index contributed by atoms with van der Waals surface area (Å²) in [5, 5.41) is 8.86. The van der Waals surface area contributed by atoms with Crippen LogP contribution in [0.3, 0.4) is 0 Å². The average molecular weight is 329 g/mol. The maximum absolute atomic E-state index is 10.8. The zero-order valence-electron chi connectivity index (χ0n) is 15.7. The van der Waals surface area contributed by atoms with E-state index in [1.807, 2.05) is 6.92 Å². The first-order valence-electron chi connectivity index (χ1n) is 10.1. The summed E-state index contributed by atoms with van der Waals surface area (Å²) in [6.07, 6.45) is 18.6. The summed E-state index contributed by atoms with van der Waals surface area (Å²) in [6, 6.07) is 0. The van der Waals surface area contributed by atoms with E-state index in [1.54, 1.807) is 0 Å². The highest BCUT2D eigenvalue weighted by Crippen LogP contribution is 2.13. The monoisotopic (exact) mass is 328 g/mol. The predicted octanol–water partition coefficient (Wildman–Crippen LogP) is 6.35. The number of rotatable bonds is 18. The third kappa shape index (κ3) is 16.1. The largest absolute Gasteiger partial charge is 0.479 e. The van der Waals surface area contributed by atoms with Crippen molar-refractivity contribution in [2.24, 2.45) is 0 Å². The molecule has 0 aromatic rings. The molecule has 0 aromatic heterocycles. The molecule has 0 radical (unpaired) electrons. The molecule has 138 valence electrons. The highest BCUT2D eigenvalue weighted by molar-refractivity contribution is 5.72. The lowest BCUT2D eigenvalue weighted by atomic mass is 10.0. The Hall–Kier alpha value is -0.570. The Bertz CT molecular complexity index is 253. The Morgan fingerprint density at radius 3 is 1.48 bits per heavy atom. The summed E-state index contributed by atoms with van der Waals surface area (Å²) in [7, 11) is 0. The summed E-state index contributed by atoms with van der Waals surface area (Å²) in [5.74, 6) is -0.835. The fourth-order valence-electron chi connectivity index (χ4n) is 2.89. The number of carboxylic acids is 1. The molecule has 0 aliphatic carbocycles. The smallest absolute Gasteiger partial charge is 0.332 e. The van der Waals surface area contributed by atoms with Gasteiger partial charge in [-0.3, -0.25) is 0 Å². The molecule has 0 saturated heterocycles. The van der Waals surface area contributed by atoms with Gasteiger partial charge in [0.1, 0.15) is 0 Å². The van der Waals surface area contributed by atoms with Crippen LogP contribution in [0, 0.1) is 0 Å². The van der Waals surface area contributed by atoms with Crippen molar-refractivity contribution >= 4 is 5.97 Å². The fourth-order valence-corrected chi connectivity index (χ4v) is 2.89. The SMILES string of the molecule is CCCCCCCCCCCCCCCCOC(CC)C(=O)O. The van der Waals surface area contributed by atoms with E-state index in [-0.39, 0.29) is 0 Å². The van der Waals surface area contributed by atoms with Crippen LogP contribution in [-0.4, -0.2) is 23.8 Å². The van der Waals surface area contributed by atoms with Gasteiger partial charge in [-0.15, -0.1) is 0 Å². The first-order chi connectivity index (χ1) is 11.2. The molecule has 1 atom stereocenters. The maximum Gasteiger partial charge on any atom is 0.332 e. The van der Waals surface area contributed by atoms with Crippen molar-refractivity contribution in [1.82, 2.24) is 0 Å². The van der Waals surface area contributed by atoms with Crippen LogP contribution in [0.1, 0.15) is 110 Å². The number of hydrogen-bond acceptors (Lipinski definition) is 2. The molecule has 1 unspecified atom stereocenters. The van der Waals surface area contributed by atoms with Gasteiger partial charge >= 0.3 is 5.97 Å². The van der Waals surface area contributed by atoms with Gasteiger partial charge < -0.3 is 9.84 Å². The lowest BCUT2D eigenvalue weighted by Crippen LogP contribution is -2.23. The third-order valence-electron chi connectivity index (χ3n) is 4.46. The molecule has 0 bridgehead atoms. The normalized spacial score (nSPS) is 12.4. The minimum atomic E-state index is -0.835. The quantitative estimate of drug-likeness (QED) is 0.298. The van der Waals surface area contributed by atoms with Crippen LogP contribution in [0.25, 0.3) is 0 Å². The molecule has 0 aliphatic rings. The van der Waals surface area contributed by atoms with Gasteiger partial charge in [-0.05, 0) is 12.8 Å². The minimum absolute atomic E-state index is 0.550. The van der Waals surface area contributed by atoms with Crippen LogP contribution in [0.2, 0.25) is 0 Å². The molecule has 0 fully saturated rings. The molecule has 1 N–H and O–H groups in total. The topological polar surface area (TPSA) is 46.5 Å². The predicted molar refractivity (Wildman–Crippen MR) is 98.0 cm³/mol. The number of aliphatic carboxylic acids is 1. The molecule has 0 amide bonds. The molecule has 3 nitrogen and oxygen atoms in total. The summed E-state index contributed by atoms with van der Waals surface area (Å²) in [6.45, 7) is 4.71. The zero-order valence-corrected chi connectivity index (χ0v) is 15.7. The van der Waals surface area contributed by atoms with Gasteiger partial charge in [0.15, 0.2) is 6.10 Å². The van der Waals surface area contributed by atoms with Gasteiger partial charge in [-0.2, -0.15) is 0 Å². The van der Waals surface area contributed by atoms with E-state index in [0.29, 0.717) is 13.0 Å². The highest BCUT2D eigenvalue weighted by Gasteiger charge is 2.14. The lowest BCUT2D eigenvalue weighted by Gasteiger charge is -2.10. The summed E-state index contributed by atoms with van der Waals surface area (Å²) < 4.78 is 5.36. The Balaban J connectivity index is 3.12. The Morgan fingerprint density at radius 1 is 0.739 bits per heavy atom. The number of ether oxygens (including phenoxy) is 1. The fraction of sp³-hybridized carbons (Fsp3) is 0.950. The van der Waals surface area contributed by atoms with Crippen molar-refractivity contribution in [2.45, 2.75) is 116 Å². The molecule has 0 spiro atoms. The molecule has 23 heavy (non-hydrogen) atoms. The Morgan fingerprint density at radius 2 is 1.13 bits per heavy atom. The standard InChI is InChI=1S/C20H40O3/c1-3-5-6-7-8-9-10-11-12-13-14-15-16-17-18-23-19(4-2)20(21)22/h19H,3-18H2,1-2H3,(H,21,22). The molecule has 0 rings (SSSR count). The second-order valence-corrected chi connectivity index (χ2v) is 6.70. The van der Waals surface area contributed by atoms with E-state index in [0.717, 1.165) is 12.8 Å². The van der Waals surface area contributed by atoms with Crippen LogP contribution in [-0.2, 0) is 9.53 Å². The van der Waals surface area contributed by atoms with Crippen molar-refractivity contribution in [2.75, 3.05) is 6.61 Å². The summed E-state index contributed by atoms with van der Waals surface area (Å²) in [4.78, 5) is 10.8. The van der Waals surface area contributed by atoms with Gasteiger partial charge in [0, 0.05) is 6.61 Å². The van der Waals surface area contributed by atoms with E-state index >= 15 is 0 Å². The van der Waals surface area contributed by atoms with Gasteiger partial charge in [0.25, 0.3) is 0 Å². The maximum atomic E-state index is 10.8. The summed E-state index contributed by atoms with van der Waals surface area (Å²) in [5.41, 5.74) is 0. The van der Waals surface area contributed by atoms with Crippen molar-refractivity contribution in [1.29, 1.82) is 0 Å². The van der Waals surface area contributed by atoms with Crippen LogP contribution < -0.4 is 0 Å². The highest BCUT2D eigenvalue weighted by atomic mass is 16.5. The van der Waals surface area contributed by atoms with Gasteiger partial charge in [0.2, 0.25) is 0 Å². The van der Waals surface area contributed by atoms with E-state index < -0.39 is 12.1 Å². The number of carbonyl (C=O) groups is 1. The van der Waals surface area contributed by atoms with Crippen molar-refractivity contribution < 1.29 is 14.6 Å².